The van der Waals surface area contributed by atoms with Gasteiger partial charge in [0.1, 0.15) is 16.8 Å². The molecule has 0 spiro atoms. The molecule has 1 saturated carbocycles. The molecule has 1 fully saturated rings. The van der Waals surface area contributed by atoms with Gasteiger partial charge in [-0.3, -0.25) is 9.36 Å². The van der Waals surface area contributed by atoms with Gasteiger partial charge >= 0.3 is 0 Å². The fourth-order valence-electron chi connectivity index (χ4n) is 3.59. The molecule has 1 N–H and O–H groups in total. The lowest BCUT2D eigenvalue weighted by Gasteiger charge is -2.26. The van der Waals surface area contributed by atoms with E-state index in [4.69, 9.17) is 11.6 Å². The number of hydrogen-bond acceptors (Lipinski definition) is 2. The molecule has 27 heavy (non-hydrogen) atoms. The minimum atomic E-state index is -0.429. The quantitative estimate of drug-likeness (QED) is 0.641. The first-order valence-electron chi connectivity index (χ1n) is 9.41. The third kappa shape index (κ3) is 4.54. The molecule has 0 radical (unpaired) electrons. The molecule has 0 saturated heterocycles. The zero-order valence-electron chi connectivity index (χ0n) is 15.6. The highest BCUT2D eigenvalue weighted by molar-refractivity contribution is 9.10. The Labute approximate surface area is 172 Å². The van der Waals surface area contributed by atoms with Gasteiger partial charge in [-0.05, 0) is 42.9 Å². The van der Waals surface area contributed by atoms with Crippen molar-refractivity contribution in [2.24, 2.45) is 11.8 Å². The van der Waals surface area contributed by atoms with Gasteiger partial charge in [-0.25, -0.2) is 9.37 Å². The highest BCUT2D eigenvalue weighted by Crippen LogP contribution is 2.29. The summed E-state index contributed by atoms with van der Waals surface area (Å²) in [4.78, 5) is 17.0. The summed E-state index contributed by atoms with van der Waals surface area (Å²) in [7, 11) is 0. The first-order valence-corrected chi connectivity index (χ1v) is 10.6. The van der Waals surface area contributed by atoms with E-state index < -0.39 is 5.82 Å². The second-order valence-corrected chi connectivity index (χ2v) is 8.56. The maximum absolute atomic E-state index is 14.4. The number of benzene rings is 1. The monoisotopic (exact) mass is 455 g/mol. The molecule has 1 amide bonds. The first-order chi connectivity index (χ1) is 12.9. The van der Waals surface area contributed by atoms with Crippen molar-refractivity contribution in [1.29, 1.82) is 0 Å². The summed E-state index contributed by atoms with van der Waals surface area (Å²) in [5, 5.41) is 3.11. The van der Waals surface area contributed by atoms with E-state index in [0.717, 1.165) is 18.8 Å². The summed E-state index contributed by atoms with van der Waals surface area (Å²) in [6, 6.07) is 4.73. The van der Waals surface area contributed by atoms with Crippen LogP contribution in [0.25, 0.3) is 5.69 Å². The molecule has 0 bridgehead atoms. The van der Waals surface area contributed by atoms with Gasteiger partial charge < -0.3 is 5.32 Å². The third-order valence-electron chi connectivity index (χ3n) is 5.26. The topological polar surface area (TPSA) is 46.9 Å². The number of hydrogen-bond donors (Lipinski definition) is 1. The Morgan fingerprint density at radius 3 is 2.70 bits per heavy atom. The maximum atomic E-state index is 14.4. The number of imidazole rings is 1. The van der Waals surface area contributed by atoms with E-state index in [1.165, 1.54) is 23.5 Å². The molecule has 3 rings (SSSR count). The molecule has 1 aromatic carbocycles. The van der Waals surface area contributed by atoms with Gasteiger partial charge in [-0.15, -0.1) is 0 Å². The van der Waals surface area contributed by atoms with Crippen molar-refractivity contribution < 1.29 is 9.18 Å². The Morgan fingerprint density at radius 1 is 1.37 bits per heavy atom. The summed E-state index contributed by atoms with van der Waals surface area (Å²) < 4.78 is 16.6. The molecular weight excluding hydrogens is 433 g/mol. The minimum absolute atomic E-state index is 0.142. The number of aromatic nitrogens is 2. The number of nitrogens with zero attached hydrogens (tertiary/aromatic N) is 2. The largest absolute Gasteiger partial charge is 0.350 e. The van der Waals surface area contributed by atoms with Crippen molar-refractivity contribution in [3.8, 4) is 5.69 Å². The van der Waals surface area contributed by atoms with E-state index in [1.54, 1.807) is 12.1 Å². The van der Waals surface area contributed by atoms with Gasteiger partial charge in [0.15, 0.2) is 5.69 Å². The third-order valence-corrected chi connectivity index (χ3v) is 6.10. The summed E-state index contributed by atoms with van der Waals surface area (Å²) >= 11 is 9.70. The van der Waals surface area contributed by atoms with Crippen molar-refractivity contribution in [2.45, 2.75) is 46.0 Å². The van der Waals surface area contributed by atoms with Gasteiger partial charge in [0.05, 0.1) is 5.69 Å². The van der Waals surface area contributed by atoms with Crippen LogP contribution < -0.4 is 5.32 Å². The van der Waals surface area contributed by atoms with Crippen LogP contribution >= 0.6 is 27.5 Å². The Bertz CT molecular complexity index is 831. The number of halogens is 3. The number of rotatable bonds is 5. The van der Waals surface area contributed by atoms with Crippen molar-refractivity contribution in [2.75, 3.05) is 6.54 Å². The zero-order chi connectivity index (χ0) is 19.6. The molecular formula is C20H24BrClFN3O. The average Bonchev–Trinajstić information content (AvgIpc) is 2.97. The molecule has 1 aromatic heterocycles. The zero-order valence-corrected chi connectivity index (χ0v) is 17.9. The highest BCUT2D eigenvalue weighted by Gasteiger charge is 2.24. The van der Waals surface area contributed by atoms with Crippen molar-refractivity contribution in [3.63, 3.8) is 0 Å². The molecule has 0 aliphatic heterocycles. The van der Waals surface area contributed by atoms with Crippen LogP contribution in [0.4, 0.5) is 4.39 Å². The first kappa shape index (κ1) is 20.3. The summed E-state index contributed by atoms with van der Waals surface area (Å²) in [6.45, 7) is 4.80. The summed E-state index contributed by atoms with van der Waals surface area (Å²) in [5.74, 6) is 1.10. The van der Waals surface area contributed by atoms with Gasteiger partial charge in [-0.1, -0.05) is 54.2 Å². The van der Waals surface area contributed by atoms with Crippen molar-refractivity contribution in [1.82, 2.24) is 14.9 Å². The van der Waals surface area contributed by atoms with Gasteiger partial charge in [0.25, 0.3) is 5.91 Å². The van der Waals surface area contributed by atoms with E-state index in [9.17, 15) is 9.18 Å². The van der Waals surface area contributed by atoms with Crippen LogP contribution in [-0.2, 0) is 6.42 Å². The molecule has 0 unspecified atom stereocenters. The second-order valence-electron chi connectivity index (χ2n) is 7.29. The average molecular weight is 457 g/mol. The predicted octanol–water partition coefficient (Wildman–Crippen LogP) is 5.55. The Hall–Kier alpha value is -1.40. The maximum Gasteiger partial charge on any atom is 0.273 e. The summed E-state index contributed by atoms with van der Waals surface area (Å²) in [5.41, 5.74) is 0.438. The molecule has 2 aromatic rings. The van der Waals surface area contributed by atoms with Crippen LogP contribution in [0, 0.1) is 17.7 Å². The normalized spacial score (nSPS) is 19.9. The second kappa shape index (κ2) is 8.74. The fourth-order valence-corrected chi connectivity index (χ4v) is 4.24. The fraction of sp³-hybridized carbons (Fsp3) is 0.500. The molecule has 1 aliphatic rings. The van der Waals surface area contributed by atoms with Crippen LogP contribution in [-0.4, -0.2) is 22.0 Å². The van der Waals surface area contributed by atoms with E-state index in [2.05, 4.69) is 33.2 Å². The number of carbonyl (C=O) groups is 1. The molecule has 1 heterocycles. The van der Waals surface area contributed by atoms with Crippen LogP contribution in [0.15, 0.2) is 22.7 Å². The SMILES string of the molecule is CCc1nc(C(=O)NCC2CCC(C)CC2)c(Cl)n1-c1ccc(Br)cc1F. The number of aryl methyl sites for hydroxylation is 1. The molecule has 146 valence electrons. The molecule has 0 atom stereocenters. The predicted molar refractivity (Wildman–Crippen MR) is 109 cm³/mol. The smallest absolute Gasteiger partial charge is 0.273 e. The Balaban J connectivity index is 1.80. The van der Waals surface area contributed by atoms with Gasteiger partial charge in [0.2, 0.25) is 0 Å². The number of amides is 1. The van der Waals surface area contributed by atoms with Crippen LogP contribution in [0.2, 0.25) is 5.15 Å². The number of nitrogens with one attached hydrogen (secondary N) is 1. The Morgan fingerprint density at radius 2 is 2.07 bits per heavy atom. The van der Waals surface area contributed by atoms with Crippen LogP contribution in [0.3, 0.4) is 0 Å². The Kier molecular flexibility index (Phi) is 6.58. The standard InChI is InChI=1S/C20H24BrClFN3O/c1-3-17-25-18(20(27)24-11-13-6-4-12(2)5-7-13)19(22)26(17)16-9-8-14(21)10-15(16)23/h8-10,12-13H,3-7,11H2,1-2H3,(H,24,27). The van der Waals surface area contributed by atoms with Crippen molar-refractivity contribution >= 4 is 33.4 Å². The van der Waals surface area contributed by atoms with E-state index in [0.29, 0.717) is 29.2 Å². The van der Waals surface area contributed by atoms with E-state index in [-0.39, 0.29) is 22.4 Å². The lowest BCUT2D eigenvalue weighted by molar-refractivity contribution is 0.0937. The van der Waals surface area contributed by atoms with Gasteiger partial charge in [0, 0.05) is 17.4 Å². The van der Waals surface area contributed by atoms with E-state index in [1.807, 2.05) is 6.92 Å². The highest BCUT2D eigenvalue weighted by atomic mass is 79.9. The lowest BCUT2D eigenvalue weighted by Crippen LogP contribution is -2.31. The van der Waals surface area contributed by atoms with Crippen LogP contribution in [0.5, 0.6) is 0 Å². The summed E-state index contributed by atoms with van der Waals surface area (Å²) in [6.07, 6.45) is 5.21. The van der Waals surface area contributed by atoms with Crippen molar-refractivity contribution in [3.05, 3.63) is 45.2 Å². The van der Waals surface area contributed by atoms with E-state index >= 15 is 0 Å². The minimum Gasteiger partial charge on any atom is -0.350 e. The lowest BCUT2D eigenvalue weighted by atomic mass is 9.83. The molecule has 1 aliphatic carbocycles. The van der Waals surface area contributed by atoms with Gasteiger partial charge in [-0.2, -0.15) is 0 Å². The molecule has 4 nitrogen and oxygen atoms in total. The van der Waals surface area contributed by atoms with Crippen LogP contribution in [0.1, 0.15) is 55.8 Å². The molecule has 7 heteroatoms. The number of carbonyl (C=O) groups excluding carboxylic acids is 1.